The molecule has 3 heterocycles. The van der Waals surface area contributed by atoms with E-state index in [4.69, 9.17) is 13.9 Å². The van der Waals surface area contributed by atoms with Crippen molar-refractivity contribution < 1.29 is 28.3 Å². The Hall–Kier alpha value is -2.65. The number of likely N-dealkylation sites (tertiary alicyclic amines) is 1. The maximum absolute atomic E-state index is 13.1. The molecule has 0 aromatic heterocycles. The third-order valence-corrected chi connectivity index (χ3v) is 7.27. The molecule has 0 bridgehead atoms. The fourth-order valence-electron chi connectivity index (χ4n) is 4.92. The standard InChI is InChI=1S/C25H36N2O6Si/c1-7-14-31-24(29)22-18(11-12-19-10-9-13-26(19)25(30)32-15-8-2)16-20-21(23(28)27(20)22)17(3)33-34(4,5)6/h7-8,11-12,17,19-21H,1-2,9-10,13-16H2,3-6H3/b12-11+/t17-,19+,20-,21-/m1/s1. The lowest BCUT2D eigenvalue weighted by Gasteiger charge is -2.47. The average Bonchev–Trinajstić information content (AvgIpc) is 3.35. The quantitative estimate of drug-likeness (QED) is 0.201. The fourth-order valence-corrected chi connectivity index (χ4v) is 6.18. The number of hydrogen-bond acceptors (Lipinski definition) is 6. The normalized spacial score (nSPS) is 25.3. The number of nitrogens with zero attached hydrogens (tertiary/aromatic N) is 2. The van der Waals surface area contributed by atoms with Crippen molar-refractivity contribution in [2.24, 2.45) is 5.92 Å². The predicted molar refractivity (Wildman–Crippen MR) is 131 cm³/mol. The van der Waals surface area contributed by atoms with Crippen LogP contribution < -0.4 is 0 Å². The molecule has 3 aliphatic rings. The van der Waals surface area contributed by atoms with Gasteiger partial charge in [-0.3, -0.25) is 4.79 Å². The van der Waals surface area contributed by atoms with Crippen molar-refractivity contribution in [3.05, 3.63) is 48.7 Å². The highest BCUT2D eigenvalue weighted by Gasteiger charge is 2.57. The van der Waals surface area contributed by atoms with Crippen LogP contribution >= 0.6 is 0 Å². The summed E-state index contributed by atoms with van der Waals surface area (Å²) in [6.45, 7) is 16.2. The Kier molecular flexibility index (Phi) is 8.20. The molecular formula is C25H36N2O6Si. The first-order valence-corrected chi connectivity index (χ1v) is 15.2. The Morgan fingerprint density at radius 2 is 1.85 bits per heavy atom. The molecule has 2 fully saturated rings. The average molecular weight is 489 g/mol. The zero-order valence-electron chi connectivity index (χ0n) is 20.6. The third kappa shape index (κ3) is 5.52. The number of carbonyl (C=O) groups excluding carboxylic acids is 3. The topological polar surface area (TPSA) is 85.4 Å². The van der Waals surface area contributed by atoms with Crippen LogP contribution in [0.15, 0.2) is 48.7 Å². The molecule has 0 radical (unpaired) electrons. The molecule has 4 atom stereocenters. The summed E-state index contributed by atoms with van der Waals surface area (Å²) in [5, 5.41) is 0. The molecule has 0 N–H and O–H groups in total. The number of allylic oxidation sites excluding steroid dienone is 1. The van der Waals surface area contributed by atoms with Crippen molar-refractivity contribution >= 4 is 26.3 Å². The third-order valence-electron chi connectivity index (χ3n) is 6.19. The predicted octanol–water partition coefficient (Wildman–Crippen LogP) is 3.78. The number of fused-ring (bicyclic) bond motifs is 1. The number of amides is 2. The summed E-state index contributed by atoms with van der Waals surface area (Å²) in [5.41, 5.74) is 1.02. The van der Waals surface area contributed by atoms with Gasteiger partial charge in [0.25, 0.3) is 0 Å². The van der Waals surface area contributed by atoms with Crippen LogP contribution in [0.4, 0.5) is 4.79 Å². The smallest absolute Gasteiger partial charge is 0.410 e. The maximum atomic E-state index is 13.1. The molecule has 9 heteroatoms. The molecule has 0 spiro atoms. The Labute approximate surface area is 203 Å². The van der Waals surface area contributed by atoms with Crippen molar-refractivity contribution in [2.45, 2.75) is 64.0 Å². The molecule has 3 aliphatic heterocycles. The van der Waals surface area contributed by atoms with Crippen LogP contribution in [0.2, 0.25) is 19.6 Å². The van der Waals surface area contributed by atoms with Crippen LogP contribution in [0.5, 0.6) is 0 Å². The molecular weight excluding hydrogens is 452 g/mol. The summed E-state index contributed by atoms with van der Waals surface area (Å²) in [6.07, 6.45) is 8.43. The molecule has 2 saturated heterocycles. The summed E-state index contributed by atoms with van der Waals surface area (Å²) >= 11 is 0. The van der Waals surface area contributed by atoms with Crippen molar-refractivity contribution in [1.82, 2.24) is 9.80 Å². The van der Waals surface area contributed by atoms with E-state index in [1.54, 1.807) is 9.80 Å². The molecule has 3 rings (SSSR count). The first-order valence-electron chi connectivity index (χ1n) is 11.8. The number of carbonyl (C=O) groups is 3. The van der Waals surface area contributed by atoms with Crippen molar-refractivity contribution in [3.63, 3.8) is 0 Å². The van der Waals surface area contributed by atoms with Gasteiger partial charge < -0.3 is 23.7 Å². The van der Waals surface area contributed by atoms with Crippen LogP contribution in [0, 0.1) is 5.92 Å². The van der Waals surface area contributed by atoms with Gasteiger partial charge in [0.15, 0.2) is 8.32 Å². The van der Waals surface area contributed by atoms with Gasteiger partial charge in [-0.05, 0) is 51.4 Å². The first kappa shape index (κ1) is 26.0. The fraction of sp³-hybridized carbons (Fsp3) is 0.560. The second kappa shape index (κ2) is 10.7. The van der Waals surface area contributed by atoms with Gasteiger partial charge in [-0.2, -0.15) is 0 Å². The molecule has 0 saturated carbocycles. The summed E-state index contributed by atoms with van der Waals surface area (Å²) in [5.74, 6) is -0.946. The second-order valence-corrected chi connectivity index (χ2v) is 14.3. The van der Waals surface area contributed by atoms with Crippen LogP contribution in [0.1, 0.15) is 26.2 Å². The summed E-state index contributed by atoms with van der Waals surface area (Å²) in [4.78, 5) is 41.6. The summed E-state index contributed by atoms with van der Waals surface area (Å²) < 4.78 is 16.7. The maximum Gasteiger partial charge on any atom is 0.410 e. The molecule has 0 aliphatic carbocycles. The molecule has 0 aromatic rings. The summed E-state index contributed by atoms with van der Waals surface area (Å²) in [7, 11) is -1.83. The van der Waals surface area contributed by atoms with E-state index in [0.29, 0.717) is 13.0 Å². The molecule has 34 heavy (non-hydrogen) atoms. The number of rotatable bonds is 10. The Morgan fingerprint density at radius 1 is 1.18 bits per heavy atom. The molecule has 2 amide bonds. The zero-order chi connectivity index (χ0) is 25.0. The van der Waals surface area contributed by atoms with Crippen molar-refractivity contribution in [2.75, 3.05) is 19.8 Å². The van der Waals surface area contributed by atoms with Gasteiger partial charge in [-0.25, -0.2) is 9.59 Å². The number of esters is 1. The van der Waals surface area contributed by atoms with E-state index in [1.807, 2.05) is 19.1 Å². The first-order chi connectivity index (χ1) is 16.1. The van der Waals surface area contributed by atoms with E-state index in [9.17, 15) is 14.4 Å². The van der Waals surface area contributed by atoms with Crippen LogP contribution in [0.25, 0.3) is 0 Å². The van der Waals surface area contributed by atoms with E-state index in [0.717, 1.165) is 18.4 Å². The van der Waals surface area contributed by atoms with Gasteiger partial charge in [-0.15, -0.1) is 0 Å². The van der Waals surface area contributed by atoms with Gasteiger partial charge in [0.2, 0.25) is 5.91 Å². The highest BCUT2D eigenvalue weighted by Crippen LogP contribution is 2.45. The van der Waals surface area contributed by atoms with Crippen molar-refractivity contribution in [1.29, 1.82) is 0 Å². The van der Waals surface area contributed by atoms with Crippen LogP contribution in [-0.2, 0) is 23.5 Å². The Balaban J connectivity index is 1.81. The lowest BCUT2D eigenvalue weighted by Crippen LogP contribution is -2.63. The zero-order valence-corrected chi connectivity index (χ0v) is 21.6. The second-order valence-electron chi connectivity index (χ2n) is 9.83. The molecule has 8 nitrogen and oxygen atoms in total. The van der Waals surface area contributed by atoms with E-state index in [-0.39, 0.29) is 55.0 Å². The minimum absolute atomic E-state index is 0.0656. The monoisotopic (exact) mass is 488 g/mol. The largest absolute Gasteiger partial charge is 0.457 e. The number of β-lactam (4-membered cyclic amide) rings is 1. The molecule has 186 valence electrons. The van der Waals surface area contributed by atoms with Gasteiger partial charge in [-0.1, -0.05) is 37.5 Å². The minimum atomic E-state index is -1.83. The van der Waals surface area contributed by atoms with Gasteiger partial charge in [0.1, 0.15) is 18.9 Å². The van der Waals surface area contributed by atoms with Gasteiger partial charge in [0, 0.05) is 6.54 Å². The van der Waals surface area contributed by atoms with Crippen LogP contribution in [0.3, 0.4) is 0 Å². The lowest BCUT2D eigenvalue weighted by atomic mass is 9.83. The van der Waals surface area contributed by atoms with E-state index < -0.39 is 14.3 Å². The van der Waals surface area contributed by atoms with Gasteiger partial charge in [0.05, 0.1) is 24.1 Å². The highest BCUT2D eigenvalue weighted by molar-refractivity contribution is 6.69. The van der Waals surface area contributed by atoms with Crippen molar-refractivity contribution in [3.8, 4) is 0 Å². The Morgan fingerprint density at radius 3 is 2.50 bits per heavy atom. The number of hydrogen-bond donors (Lipinski definition) is 0. The number of ether oxygens (including phenoxy) is 2. The van der Waals surface area contributed by atoms with E-state index >= 15 is 0 Å². The van der Waals surface area contributed by atoms with E-state index in [1.165, 1.54) is 12.2 Å². The minimum Gasteiger partial charge on any atom is -0.457 e. The highest BCUT2D eigenvalue weighted by atomic mass is 28.4. The Bertz CT molecular complexity index is 906. The van der Waals surface area contributed by atoms with E-state index in [2.05, 4.69) is 32.8 Å². The van der Waals surface area contributed by atoms with Crippen LogP contribution in [-0.4, -0.2) is 74.0 Å². The SMILES string of the molecule is C=CCOC(=O)C1=C(/C=C/[C@@H]2CCCN2C(=O)OCC=C)C[C@@H]2[C@@H]([C@@H](C)O[Si](C)(C)C)C(=O)N12. The molecule has 0 aromatic carbocycles. The summed E-state index contributed by atoms with van der Waals surface area (Å²) in [6, 6.07) is -0.272. The lowest BCUT2D eigenvalue weighted by molar-refractivity contribution is -0.161. The molecule has 0 unspecified atom stereocenters. The van der Waals surface area contributed by atoms with Gasteiger partial charge >= 0.3 is 12.1 Å².